The number of fused-ring (bicyclic) bond motifs is 1. The molecule has 0 aliphatic carbocycles. The van der Waals surface area contributed by atoms with Crippen molar-refractivity contribution in [3.05, 3.63) is 113 Å². The van der Waals surface area contributed by atoms with Gasteiger partial charge in [0.2, 0.25) is 5.91 Å². The van der Waals surface area contributed by atoms with E-state index in [4.69, 9.17) is 16.2 Å². The highest BCUT2D eigenvalue weighted by Crippen LogP contribution is 2.34. The fourth-order valence-electron chi connectivity index (χ4n) is 4.42. The van der Waals surface area contributed by atoms with Crippen LogP contribution in [-0.4, -0.2) is 34.2 Å². The van der Waals surface area contributed by atoms with E-state index < -0.39 is 23.8 Å². The van der Waals surface area contributed by atoms with E-state index >= 15 is 0 Å². The maximum Gasteiger partial charge on any atom is 0.273 e. The molecule has 0 aliphatic rings. The molecule has 11 heteroatoms. The third-order valence-electron chi connectivity index (χ3n) is 6.48. The summed E-state index contributed by atoms with van der Waals surface area (Å²) in [5, 5.41) is 3.77. The summed E-state index contributed by atoms with van der Waals surface area (Å²) in [6, 6.07) is 24.0. The number of nitrogen functional groups attached to an aromatic ring is 1. The Balaban J connectivity index is 1.61. The number of nitrogens with two attached hydrogens (primary N) is 2. The van der Waals surface area contributed by atoms with Crippen molar-refractivity contribution in [2.24, 2.45) is 5.73 Å². The van der Waals surface area contributed by atoms with Crippen LogP contribution < -0.4 is 26.4 Å². The molecule has 0 spiro atoms. The molecule has 0 saturated carbocycles. The van der Waals surface area contributed by atoms with Gasteiger partial charge >= 0.3 is 0 Å². The number of hydrogen-bond donors (Lipinski definition) is 3. The van der Waals surface area contributed by atoms with E-state index in [1.807, 2.05) is 24.3 Å². The van der Waals surface area contributed by atoms with Gasteiger partial charge in [-0.05, 0) is 65.1 Å². The summed E-state index contributed by atoms with van der Waals surface area (Å²) in [7, 11) is 1.58. The Hall–Kier alpha value is -5.29. The summed E-state index contributed by atoms with van der Waals surface area (Å²) in [4.78, 5) is 45.8. The molecule has 206 valence electrons. The number of nitrogens with one attached hydrogen (secondary N) is 1. The lowest BCUT2D eigenvalue weighted by molar-refractivity contribution is -0.122. The van der Waals surface area contributed by atoms with Gasteiger partial charge < -0.3 is 21.5 Å². The van der Waals surface area contributed by atoms with Crippen LogP contribution in [0.2, 0.25) is 0 Å². The lowest BCUT2D eigenvalue weighted by atomic mass is 10.00. The van der Waals surface area contributed by atoms with E-state index in [2.05, 4.69) is 14.7 Å². The second kappa shape index (κ2) is 11.8. The maximum absolute atomic E-state index is 14.2. The third kappa shape index (κ3) is 5.70. The largest absolute Gasteiger partial charge is 0.497 e. The van der Waals surface area contributed by atoms with Crippen molar-refractivity contribution in [2.45, 2.75) is 12.6 Å². The molecular weight excluding hydrogens is 540 g/mol. The smallest absolute Gasteiger partial charge is 0.273 e. The predicted octanol–water partition coefficient (Wildman–Crippen LogP) is 4.09. The number of anilines is 2. The van der Waals surface area contributed by atoms with E-state index in [1.165, 1.54) is 4.90 Å². The maximum atomic E-state index is 14.2. The van der Waals surface area contributed by atoms with Crippen LogP contribution in [0.3, 0.4) is 0 Å². The zero-order valence-corrected chi connectivity index (χ0v) is 22.8. The van der Waals surface area contributed by atoms with E-state index in [0.29, 0.717) is 17.0 Å². The summed E-state index contributed by atoms with van der Waals surface area (Å²) in [6.45, 7) is 0.208. The van der Waals surface area contributed by atoms with Crippen LogP contribution in [0.25, 0.3) is 10.9 Å². The standard InChI is InChI=1S/C30H26N6O4S/c1-40-22-12-9-18(10-13-22)17-34-29(38)26(20-11-14-23-19(16-20)6-5-15-33-23)36(21-7-3-2-4-8-21)30(39)27-24(31)25(28(32)37)35-41-27/h2-16,26H,17,31H2,1H3,(H2,32,37)(H,34,38)/t26-/m1/s1. The van der Waals surface area contributed by atoms with Gasteiger partial charge in [0.1, 0.15) is 16.7 Å². The monoisotopic (exact) mass is 566 g/mol. The molecule has 5 aromatic rings. The average molecular weight is 567 g/mol. The fourth-order valence-corrected chi connectivity index (χ4v) is 5.16. The number of primary amides is 1. The van der Waals surface area contributed by atoms with Crippen molar-refractivity contribution in [1.82, 2.24) is 14.7 Å². The zero-order valence-electron chi connectivity index (χ0n) is 22.0. The van der Waals surface area contributed by atoms with E-state index in [0.717, 1.165) is 28.0 Å². The number of pyridine rings is 1. The van der Waals surface area contributed by atoms with E-state index in [9.17, 15) is 14.4 Å². The molecule has 0 unspecified atom stereocenters. The molecule has 41 heavy (non-hydrogen) atoms. The number of hydrogen-bond acceptors (Lipinski definition) is 8. The number of carbonyl (C=O) groups excluding carboxylic acids is 3. The Kier molecular flexibility index (Phi) is 7.88. The Bertz CT molecular complexity index is 1720. The highest BCUT2D eigenvalue weighted by atomic mass is 32.1. The van der Waals surface area contributed by atoms with E-state index in [-0.39, 0.29) is 22.8 Å². The number of rotatable bonds is 9. The van der Waals surface area contributed by atoms with Gasteiger partial charge in [-0.1, -0.05) is 42.5 Å². The molecule has 0 bridgehead atoms. The number of amides is 3. The molecule has 0 saturated heterocycles. The van der Waals surface area contributed by atoms with Gasteiger partial charge in [0, 0.05) is 23.8 Å². The molecule has 0 radical (unpaired) electrons. The first-order valence-corrected chi connectivity index (χ1v) is 13.3. The molecule has 5 rings (SSSR count). The Labute approximate surface area is 239 Å². The van der Waals surface area contributed by atoms with Crippen molar-refractivity contribution < 1.29 is 19.1 Å². The highest BCUT2D eigenvalue weighted by molar-refractivity contribution is 7.09. The number of carbonyl (C=O) groups is 3. The van der Waals surface area contributed by atoms with Crippen LogP contribution in [0.5, 0.6) is 5.75 Å². The number of methoxy groups -OCH3 is 1. The van der Waals surface area contributed by atoms with Crippen molar-refractivity contribution in [3.8, 4) is 5.75 Å². The molecule has 0 aliphatic heterocycles. The summed E-state index contributed by atoms with van der Waals surface area (Å²) in [6.07, 6.45) is 1.68. The molecule has 3 aromatic carbocycles. The number of nitrogens with zero attached hydrogens (tertiary/aromatic N) is 3. The Morgan fingerprint density at radius 3 is 2.44 bits per heavy atom. The molecule has 10 nitrogen and oxygen atoms in total. The molecule has 1 atom stereocenters. The molecule has 5 N–H and O–H groups in total. The van der Waals surface area contributed by atoms with Gasteiger partial charge in [0.05, 0.1) is 18.3 Å². The van der Waals surface area contributed by atoms with Gasteiger partial charge in [-0.2, -0.15) is 4.37 Å². The molecular formula is C30H26N6O4S. The topological polar surface area (TPSA) is 154 Å². The lowest BCUT2D eigenvalue weighted by Crippen LogP contribution is -2.44. The van der Waals surface area contributed by atoms with Crippen molar-refractivity contribution in [1.29, 1.82) is 0 Å². The van der Waals surface area contributed by atoms with Crippen LogP contribution in [0.4, 0.5) is 11.4 Å². The lowest BCUT2D eigenvalue weighted by Gasteiger charge is -2.31. The normalized spacial score (nSPS) is 11.5. The minimum atomic E-state index is -1.12. The van der Waals surface area contributed by atoms with Gasteiger partial charge in [-0.25, -0.2) is 0 Å². The summed E-state index contributed by atoms with van der Waals surface area (Å²) < 4.78 is 9.22. The van der Waals surface area contributed by atoms with Gasteiger partial charge in [0.25, 0.3) is 11.8 Å². The number of benzene rings is 3. The molecule has 0 fully saturated rings. The first-order chi connectivity index (χ1) is 19.9. The van der Waals surface area contributed by atoms with E-state index in [1.54, 1.807) is 74.0 Å². The summed E-state index contributed by atoms with van der Waals surface area (Å²) >= 11 is 0.756. The summed E-state index contributed by atoms with van der Waals surface area (Å²) in [5.74, 6) is -1.19. The van der Waals surface area contributed by atoms with Crippen LogP contribution in [0.1, 0.15) is 37.3 Å². The van der Waals surface area contributed by atoms with Crippen molar-refractivity contribution in [3.63, 3.8) is 0 Å². The SMILES string of the molecule is COc1ccc(CNC(=O)[C@@H](c2ccc3ncccc3c2)N(C(=O)c2snc(C(N)=O)c2N)c2ccccc2)cc1. The minimum absolute atomic E-state index is 0.00179. The van der Waals surface area contributed by atoms with Crippen LogP contribution in [-0.2, 0) is 11.3 Å². The number of para-hydroxylation sites is 1. The average Bonchev–Trinajstić information content (AvgIpc) is 3.40. The Morgan fingerprint density at radius 1 is 1.00 bits per heavy atom. The first-order valence-electron chi connectivity index (χ1n) is 12.6. The molecule has 3 amide bonds. The zero-order chi connectivity index (χ0) is 28.9. The van der Waals surface area contributed by atoms with Gasteiger partial charge in [0.15, 0.2) is 5.69 Å². The summed E-state index contributed by atoms with van der Waals surface area (Å²) in [5.41, 5.74) is 13.8. The quantitative estimate of drug-likeness (QED) is 0.243. The van der Waals surface area contributed by atoms with Crippen LogP contribution >= 0.6 is 11.5 Å². The second-order valence-electron chi connectivity index (χ2n) is 9.07. The molecule has 2 aromatic heterocycles. The number of ether oxygens (including phenoxy) is 1. The van der Waals surface area contributed by atoms with Gasteiger partial charge in [-0.3, -0.25) is 24.3 Å². The van der Waals surface area contributed by atoms with Crippen LogP contribution in [0, 0.1) is 0 Å². The fraction of sp³-hybridized carbons (Fsp3) is 0.100. The van der Waals surface area contributed by atoms with Gasteiger partial charge in [-0.15, -0.1) is 0 Å². The Morgan fingerprint density at radius 2 is 1.76 bits per heavy atom. The second-order valence-corrected chi connectivity index (χ2v) is 9.85. The predicted molar refractivity (Wildman–Crippen MR) is 158 cm³/mol. The number of aromatic nitrogens is 2. The minimum Gasteiger partial charge on any atom is -0.497 e. The first kappa shape index (κ1) is 27.3. The van der Waals surface area contributed by atoms with Crippen LogP contribution in [0.15, 0.2) is 91.1 Å². The third-order valence-corrected chi connectivity index (χ3v) is 7.33. The van der Waals surface area contributed by atoms with Crippen molar-refractivity contribution in [2.75, 3.05) is 17.7 Å². The highest BCUT2D eigenvalue weighted by Gasteiger charge is 2.36. The molecule has 2 heterocycles. The van der Waals surface area contributed by atoms with Crippen molar-refractivity contribution >= 4 is 51.5 Å².